The van der Waals surface area contributed by atoms with E-state index in [0.717, 1.165) is 0 Å². The summed E-state index contributed by atoms with van der Waals surface area (Å²) in [5.74, 6) is -0.483. The van der Waals surface area contributed by atoms with E-state index in [1.54, 1.807) is 0 Å². The van der Waals surface area contributed by atoms with Gasteiger partial charge in [-0.2, -0.15) is 4.73 Å². The maximum Gasteiger partial charge on any atom is 0.338 e. The minimum atomic E-state index is -0.757. The molecule has 0 aliphatic heterocycles. The van der Waals surface area contributed by atoms with Gasteiger partial charge in [0.2, 0.25) is 17.0 Å². The van der Waals surface area contributed by atoms with Gasteiger partial charge in [0.25, 0.3) is 5.69 Å². The molecule has 0 bridgehead atoms. The van der Waals surface area contributed by atoms with Crippen LogP contribution in [0.5, 0.6) is 17.2 Å². The Bertz CT molecular complexity index is 1210. The molecule has 2 aromatic carbocycles. The standard InChI is InChI=1S/C21H18Cl2N2O7/c1-10(26)19-15(24-14-7-12(22)13(23)8-16(14)25(19)28)9-32-21(27)11-5-17(29-2)20(31-4)18(6-11)30-3/h5-8H,9H2,1-4H3. The first kappa shape index (κ1) is 23.4. The SMILES string of the molecule is COc1cc(C(=O)OCc2nc3cc(Cl)c(Cl)cc3[n+]([O-])c2C(C)=O)cc(OC)c1OC. The minimum Gasteiger partial charge on any atom is -0.618 e. The molecule has 0 atom stereocenters. The second-order valence-corrected chi connectivity index (χ2v) is 7.32. The maximum absolute atomic E-state index is 12.8. The lowest BCUT2D eigenvalue weighted by molar-refractivity contribution is -0.580. The second-order valence-electron chi connectivity index (χ2n) is 6.50. The third-order valence-corrected chi connectivity index (χ3v) is 5.26. The Labute approximate surface area is 193 Å². The van der Waals surface area contributed by atoms with E-state index >= 15 is 0 Å². The van der Waals surface area contributed by atoms with E-state index in [9.17, 15) is 14.8 Å². The van der Waals surface area contributed by atoms with Crippen molar-refractivity contribution in [1.82, 2.24) is 4.98 Å². The van der Waals surface area contributed by atoms with Crippen molar-refractivity contribution in [2.45, 2.75) is 13.5 Å². The van der Waals surface area contributed by atoms with Crippen molar-refractivity contribution < 1.29 is 33.3 Å². The Kier molecular flexibility index (Phi) is 6.90. The molecule has 3 rings (SSSR count). The third-order valence-electron chi connectivity index (χ3n) is 4.54. The Hall–Kier alpha value is -3.30. The predicted molar refractivity (Wildman–Crippen MR) is 116 cm³/mol. The summed E-state index contributed by atoms with van der Waals surface area (Å²) in [5, 5.41) is 13.1. The topological polar surface area (TPSA) is 111 Å². The van der Waals surface area contributed by atoms with E-state index in [1.807, 2.05) is 0 Å². The Morgan fingerprint density at radius 3 is 2.12 bits per heavy atom. The summed E-state index contributed by atoms with van der Waals surface area (Å²) in [4.78, 5) is 29.1. The molecule has 0 saturated carbocycles. The molecule has 0 fully saturated rings. The van der Waals surface area contributed by atoms with Gasteiger partial charge < -0.3 is 24.2 Å². The Morgan fingerprint density at radius 1 is 1.00 bits per heavy atom. The quantitative estimate of drug-likeness (QED) is 0.217. The number of carbonyl (C=O) groups is 2. The maximum atomic E-state index is 12.8. The number of fused-ring (bicyclic) bond motifs is 1. The van der Waals surface area contributed by atoms with E-state index in [1.165, 1.54) is 52.5 Å². The van der Waals surface area contributed by atoms with Crippen molar-refractivity contribution >= 4 is 46.0 Å². The zero-order valence-corrected chi connectivity index (χ0v) is 19.0. The monoisotopic (exact) mass is 480 g/mol. The lowest BCUT2D eigenvalue weighted by Crippen LogP contribution is -2.37. The largest absolute Gasteiger partial charge is 0.618 e. The van der Waals surface area contributed by atoms with Crippen LogP contribution in [0.3, 0.4) is 0 Å². The number of esters is 1. The smallest absolute Gasteiger partial charge is 0.338 e. The Morgan fingerprint density at radius 2 is 1.59 bits per heavy atom. The van der Waals surface area contributed by atoms with Gasteiger partial charge in [0, 0.05) is 13.0 Å². The second kappa shape index (κ2) is 9.46. The van der Waals surface area contributed by atoms with Crippen molar-refractivity contribution in [3.63, 3.8) is 0 Å². The van der Waals surface area contributed by atoms with Crippen LogP contribution >= 0.6 is 23.2 Å². The molecule has 3 aromatic rings. The zero-order chi connectivity index (χ0) is 23.6. The summed E-state index contributed by atoms with van der Waals surface area (Å²) in [7, 11) is 4.26. The number of rotatable bonds is 7. The number of aromatic nitrogens is 2. The number of methoxy groups -OCH3 is 3. The fourth-order valence-electron chi connectivity index (χ4n) is 3.08. The van der Waals surface area contributed by atoms with Crippen molar-refractivity contribution in [1.29, 1.82) is 0 Å². The molecular formula is C21H18Cl2N2O7. The number of hydrogen-bond donors (Lipinski definition) is 0. The molecule has 0 N–H and O–H groups in total. The van der Waals surface area contributed by atoms with Crippen LogP contribution in [0, 0.1) is 5.21 Å². The fraction of sp³-hybridized carbons (Fsp3) is 0.238. The number of halogens is 2. The number of Topliss-reactive ketones (excluding diaryl/α,β-unsaturated/α-hetero) is 1. The van der Waals surface area contributed by atoms with Crippen LogP contribution in [-0.4, -0.2) is 38.1 Å². The first-order valence-corrected chi connectivity index (χ1v) is 9.86. The highest BCUT2D eigenvalue weighted by molar-refractivity contribution is 6.42. The van der Waals surface area contributed by atoms with Gasteiger partial charge in [0.15, 0.2) is 17.2 Å². The number of carbonyl (C=O) groups excluding carboxylic acids is 2. The van der Waals surface area contributed by atoms with Crippen LogP contribution in [0.25, 0.3) is 11.0 Å². The summed E-state index contributed by atoms with van der Waals surface area (Å²) in [6.45, 7) is 0.766. The van der Waals surface area contributed by atoms with Gasteiger partial charge in [-0.1, -0.05) is 23.2 Å². The van der Waals surface area contributed by atoms with Crippen molar-refractivity contribution in [3.05, 3.63) is 56.5 Å². The number of ketones is 1. The molecule has 0 spiro atoms. The van der Waals surface area contributed by atoms with Crippen LogP contribution in [0.4, 0.5) is 0 Å². The van der Waals surface area contributed by atoms with Crippen molar-refractivity contribution in [2.24, 2.45) is 0 Å². The summed E-state index contributed by atoms with van der Waals surface area (Å²) in [6.07, 6.45) is 0. The summed E-state index contributed by atoms with van der Waals surface area (Å²) >= 11 is 12.0. The fourth-order valence-corrected chi connectivity index (χ4v) is 3.39. The van der Waals surface area contributed by atoms with E-state index in [4.69, 9.17) is 42.1 Å². The minimum absolute atomic E-state index is 0.0285. The van der Waals surface area contributed by atoms with Crippen LogP contribution in [-0.2, 0) is 11.3 Å². The average Bonchev–Trinajstić information content (AvgIpc) is 2.77. The lowest BCUT2D eigenvalue weighted by Gasteiger charge is -2.14. The van der Waals surface area contributed by atoms with E-state index in [-0.39, 0.29) is 49.5 Å². The molecule has 0 radical (unpaired) electrons. The van der Waals surface area contributed by atoms with Crippen LogP contribution in [0.15, 0.2) is 24.3 Å². The molecule has 1 aromatic heterocycles. The molecule has 168 valence electrons. The summed E-state index contributed by atoms with van der Waals surface area (Å²) < 4.78 is 21.4. The van der Waals surface area contributed by atoms with Gasteiger partial charge in [0.1, 0.15) is 12.1 Å². The van der Waals surface area contributed by atoms with Crippen molar-refractivity contribution in [3.8, 4) is 17.2 Å². The van der Waals surface area contributed by atoms with Gasteiger partial charge in [-0.05, 0) is 18.2 Å². The van der Waals surface area contributed by atoms with Gasteiger partial charge >= 0.3 is 5.97 Å². The third kappa shape index (κ3) is 4.35. The molecular weight excluding hydrogens is 463 g/mol. The highest BCUT2D eigenvalue weighted by Crippen LogP contribution is 2.38. The molecule has 0 saturated heterocycles. The molecule has 0 amide bonds. The lowest BCUT2D eigenvalue weighted by atomic mass is 10.1. The van der Waals surface area contributed by atoms with Crippen LogP contribution < -0.4 is 18.9 Å². The van der Waals surface area contributed by atoms with Gasteiger partial charge in [-0.15, -0.1) is 0 Å². The highest BCUT2D eigenvalue weighted by atomic mass is 35.5. The number of ether oxygens (including phenoxy) is 4. The Balaban J connectivity index is 1.98. The van der Waals surface area contributed by atoms with Crippen LogP contribution in [0.2, 0.25) is 10.0 Å². The molecule has 0 aliphatic carbocycles. The average molecular weight is 481 g/mol. The van der Waals surface area contributed by atoms with E-state index in [2.05, 4.69) is 4.98 Å². The van der Waals surface area contributed by atoms with E-state index < -0.39 is 18.4 Å². The molecule has 32 heavy (non-hydrogen) atoms. The van der Waals surface area contributed by atoms with Gasteiger partial charge in [0.05, 0.1) is 36.9 Å². The molecule has 0 unspecified atom stereocenters. The van der Waals surface area contributed by atoms with Crippen molar-refractivity contribution in [2.75, 3.05) is 21.3 Å². The molecule has 11 heteroatoms. The zero-order valence-electron chi connectivity index (χ0n) is 17.5. The normalized spacial score (nSPS) is 10.7. The number of hydrogen-bond acceptors (Lipinski definition) is 8. The first-order chi connectivity index (χ1) is 15.2. The van der Waals surface area contributed by atoms with E-state index in [0.29, 0.717) is 10.5 Å². The highest BCUT2D eigenvalue weighted by Gasteiger charge is 2.26. The van der Waals surface area contributed by atoms with Gasteiger partial charge in [-0.3, -0.25) is 4.79 Å². The summed E-state index contributed by atoms with van der Waals surface area (Å²) in [5.41, 5.74) is 0.0600. The first-order valence-electron chi connectivity index (χ1n) is 9.11. The predicted octanol–water partition coefficient (Wildman–Crippen LogP) is 3.76. The molecule has 0 aliphatic rings. The van der Waals surface area contributed by atoms with Crippen LogP contribution in [0.1, 0.15) is 33.5 Å². The van der Waals surface area contributed by atoms with Gasteiger partial charge in [-0.25, -0.2) is 9.78 Å². The molecule has 1 heterocycles. The number of nitrogens with zero attached hydrogens (tertiary/aromatic N) is 2. The molecule has 9 nitrogen and oxygen atoms in total. The number of benzene rings is 2. The summed E-state index contributed by atoms with van der Waals surface area (Å²) in [6, 6.07) is 5.54.